The molecule has 0 amide bonds. The van der Waals surface area contributed by atoms with Crippen molar-refractivity contribution in [1.82, 2.24) is 0 Å². The normalized spacial score (nSPS) is 12.7. The molecule has 166 valence electrons. The van der Waals surface area contributed by atoms with Gasteiger partial charge in [0, 0.05) is 19.4 Å². The van der Waals surface area contributed by atoms with Gasteiger partial charge in [0.05, 0.1) is 34.5 Å². The van der Waals surface area contributed by atoms with Crippen molar-refractivity contribution >= 4 is 24.7 Å². The predicted octanol–water partition coefficient (Wildman–Crippen LogP) is 3.07. The van der Waals surface area contributed by atoms with Crippen LogP contribution < -0.4 is 0 Å². The lowest BCUT2D eigenvalue weighted by atomic mass is 10.5. The molecule has 0 aromatic carbocycles. The lowest BCUT2D eigenvalue weighted by molar-refractivity contribution is 0.0920. The van der Waals surface area contributed by atoms with Crippen LogP contribution >= 0.6 is 0 Å². The van der Waals surface area contributed by atoms with Crippen LogP contribution in [-0.2, 0) is 13.6 Å². The Labute approximate surface area is 170 Å². The summed E-state index contributed by atoms with van der Waals surface area (Å²) in [6, 6.07) is 2.19. The summed E-state index contributed by atoms with van der Waals surface area (Å²) >= 11 is 0. The Morgan fingerprint density at radius 3 is 1.19 bits per heavy atom. The zero-order chi connectivity index (χ0) is 21.4. The van der Waals surface area contributed by atoms with Gasteiger partial charge in [-0.25, -0.2) is 0 Å². The van der Waals surface area contributed by atoms with Crippen molar-refractivity contribution in [3.8, 4) is 0 Å². The van der Waals surface area contributed by atoms with E-state index in [0.29, 0.717) is 32.7 Å². The standard InChI is InChI=1S/C14H34O5Si2.C4H12OSi/c1-20(2,13-5-9-17-11-7-15)19-21(3,4)14-6-10-18-12-8-16;1-6(2,3)4-5/h15-16H,5-14H2,1-4H3;5H,4H2,1-3H3. The van der Waals surface area contributed by atoms with Crippen molar-refractivity contribution in [2.24, 2.45) is 0 Å². The Kier molecular flexibility index (Phi) is 17.8. The molecular weight excluding hydrogens is 396 g/mol. The molecule has 0 aliphatic rings. The van der Waals surface area contributed by atoms with Gasteiger partial charge in [-0.05, 0) is 51.1 Å². The summed E-state index contributed by atoms with van der Waals surface area (Å²) < 4.78 is 17.1. The van der Waals surface area contributed by atoms with Crippen LogP contribution in [0.5, 0.6) is 0 Å². The summed E-state index contributed by atoms with van der Waals surface area (Å²) in [5, 5.41) is 25.8. The Morgan fingerprint density at radius 1 is 0.593 bits per heavy atom. The van der Waals surface area contributed by atoms with Gasteiger partial charge in [0.1, 0.15) is 0 Å². The van der Waals surface area contributed by atoms with Crippen molar-refractivity contribution in [2.45, 2.75) is 70.8 Å². The summed E-state index contributed by atoms with van der Waals surface area (Å²) in [6.07, 6.45) is 2.42. The second-order valence-electron chi connectivity index (χ2n) is 9.22. The highest BCUT2D eigenvalue weighted by molar-refractivity contribution is 6.84. The molecule has 0 aromatic rings. The number of hydrogen-bond donors (Lipinski definition) is 3. The summed E-state index contributed by atoms with van der Waals surface area (Å²) in [7, 11) is -4.35. The fourth-order valence-electron chi connectivity index (χ4n) is 2.38. The number of aliphatic hydroxyl groups excluding tert-OH is 3. The summed E-state index contributed by atoms with van der Waals surface area (Å²) in [5.74, 6) is 0. The zero-order valence-corrected chi connectivity index (χ0v) is 21.8. The molecule has 0 saturated heterocycles. The van der Waals surface area contributed by atoms with Crippen LogP contribution in [0.4, 0.5) is 0 Å². The van der Waals surface area contributed by atoms with Crippen LogP contribution in [0.15, 0.2) is 0 Å². The highest BCUT2D eigenvalue weighted by Gasteiger charge is 2.32. The molecule has 27 heavy (non-hydrogen) atoms. The molecule has 0 rings (SSSR count). The predicted molar refractivity (Wildman–Crippen MR) is 121 cm³/mol. The highest BCUT2D eigenvalue weighted by atomic mass is 28.4. The Morgan fingerprint density at radius 2 is 0.926 bits per heavy atom. The molecule has 3 N–H and O–H groups in total. The van der Waals surface area contributed by atoms with E-state index < -0.39 is 24.7 Å². The van der Waals surface area contributed by atoms with Gasteiger partial charge in [0.15, 0.2) is 16.6 Å². The van der Waals surface area contributed by atoms with E-state index in [4.69, 9.17) is 28.9 Å². The van der Waals surface area contributed by atoms with Crippen LogP contribution in [0.1, 0.15) is 12.8 Å². The third-order valence-electron chi connectivity index (χ3n) is 3.63. The van der Waals surface area contributed by atoms with Gasteiger partial charge in [-0.1, -0.05) is 19.6 Å². The van der Waals surface area contributed by atoms with Gasteiger partial charge in [-0.3, -0.25) is 0 Å². The van der Waals surface area contributed by atoms with Gasteiger partial charge in [0.25, 0.3) is 0 Å². The van der Waals surface area contributed by atoms with Crippen LogP contribution in [0.3, 0.4) is 0 Å². The zero-order valence-electron chi connectivity index (χ0n) is 18.8. The van der Waals surface area contributed by atoms with E-state index in [2.05, 4.69) is 45.8 Å². The molecule has 0 saturated carbocycles. The van der Waals surface area contributed by atoms with Crippen LogP contribution in [0.2, 0.25) is 57.9 Å². The van der Waals surface area contributed by atoms with Crippen LogP contribution in [0.25, 0.3) is 0 Å². The quantitative estimate of drug-likeness (QED) is 0.267. The number of rotatable bonds is 15. The second-order valence-corrected chi connectivity index (χ2v) is 23.5. The molecule has 0 atom stereocenters. The molecular formula is C18H46O6Si3. The number of ether oxygens (including phenoxy) is 2. The van der Waals surface area contributed by atoms with E-state index in [9.17, 15) is 0 Å². The molecule has 0 fully saturated rings. The monoisotopic (exact) mass is 442 g/mol. The Hall–Kier alpha value is 0.411. The average molecular weight is 443 g/mol. The molecule has 0 aliphatic heterocycles. The summed E-state index contributed by atoms with van der Waals surface area (Å²) in [4.78, 5) is 0. The topological polar surface area (TPSA) is 88.4 Å². The molecule has 0 radical (unpaired) electrons. The van der Waals surface area contributed by atoms with Crippen molar-refractivity contribution in [1.29, 1.82) is 0 Å². The lowest BCUT2D eigenvalue weighted by Crippen LogP contribution is -2.44. The maximum Gasteiger partial charge on any atom is 0.173 e. The van der Waals surface area contributed by atoms with E-state index in [0.717, 1.165) is 24.9 Å². The van der Waals surface area contributed by atoms with Gasteiger partial charge in [-0.15, -0.1) is 0 Å². The fourth-order valence-corrected chi connectivity index (χ4v) is 11.2. The van der Waals surface area contributed by atoms with Crippen LogP contribution in [-0.4, -0.2) is 85.9 Å². The molecule has 0 aliphatic carbocycles. The minimum atomic E-state index is -1.64. The lowest BCUT2D eigenvalue weighted by Gasteiger charge is -2.34. The first-order chi connectivity index (χ1) is 12.4. The Balaban J connectivity index is 0. The maximum absolute atomic E-state index is 8.66. The minimum absolute atomic E-state index is 0.0929. The van der Waals surface area contributed by atoms with E-state index in [1.807, 2.05) is 0 Å². The molecule has 0 aromatic heterocycles. The first-order valence-corrected chi connectivity index (χ1v) is 20.0. The minimum Gasteiger partial charge on any atom is -0.455 e. The van der Waals surface area contributed by atoms with E-state index >= 15 is 0 Å². The molecule has 9 heteroatoms. The smallest absolute Gasteiger partial charge is 0.173 e. The summed E-state index contributed by atoms with van der Waals surface area (Å²) in [6.45, 7) is 17.9. The first kappa shape index (κ1) is 29.6. The first-order valence-electron chi connectivity index (χ1n) is 10.1. The Bertz CT molecular complexity index is 312. The molecule has 0 spiro atoms. The number of hydrogen-bond acceptors (Lipinski definition) is 6. The van der Waals surface area contributed by atoms with Gasteiger partial charge in [-0.2, -0.15) is 0 Å². The highest BCUT2D eigenvalue weighted by Crippen LogP contribution is 2.23. The SMILES string of the molecule is C[Si](C)(C)CO.C[Si](C)(CCCOCCO)O[Si](C)(C)CCCOCCO. The van der Waals surface area contributed by atoms with Crippen molar-refractivity contribution in [3.63, 3.8) is 0 Å². The van der Waals surface area contributed by atoms with Crippen molar-refractivity contribution in [2.75, 3.05) is 45.9 Å². The van der Waals surface area contributed by atoms with Gasteiger partial charge in [0.2, 0.25) is 0 Å². The third-order valence-corrected chi connectivity index (χ3v) is 12.1. The van der Waals surface area contributed by atoms with Gasteiger partial charge >= 0.3 is 0 Å². The third kappa shape index (κ3) is 24.4. The average Bonchev–Trinajstić information content (AvgIpc) is 2.53. The second kappa shape index (κ2) is 16.2. The van der Waals surface area contributed by atoms with Crippen molar-refractivity contribution in [3.05, 3.63) is 0 Å². The van der Waals surface area contributed by atoms with Crippen LogP contribution in [0, 0.1) is 0 Å². The fraction of sp³-hybridized carbons (Fsp3) is 1.00. The molecule has 0 bridgehead atoms. The van der Waals surface area contributed by atoms with E-state index in [1.165, 1.54) is 0 Å². The molecule has 0 unspecified atom stereocenters. The van der Waals surface area contributed by atoms with Crippen molar-refractivity contribution < 1.29 is 28.9 Å². The van der Waals surface area contributed by atoms with E-state index in [1.54, 1.807) is 0 Å². The molecule has 0 heterocycles. The van der Waals surface area contributed by atoms with E-state index in [-0.39, 0.29) is 13.2 Å². The molecule has 6 nitrogen and oxygen atoms in total. The number of aliphatic hydroxyl groups is 3. The largest absolute Gasteiger partial charge is 0.455 e. The summed E-state index contributed by atoms with van der Waals surface area (Å²) in [5.41, 5.74) is 0. The van der Waals surface area contributed by atoms with Gasteiger partial charge < -0.3 is 28.9 Å². The maximum atomic E-state index is 8.66.